The number of hydrogen-bond acceptors (Lipinski definition) is 4. The van der Waals surface area contributed by atoms with Crippen LogP contribution < -0.4 is 10.6 Å². The summed E-state index contributed by atoms with van der Waals surface area (Å²) in [5.41, 5.74) is 2.01. The van der Waals surface area contributed by atoms with E-state index in [2.05, 4.69) is 20.6 Å². The molecule has 0 atom stereocenters. The van der Waals surface area contributed by atoms with Crippen LogP contribution in [0.15, 0.2) is 24.5 Å². The maximum Gasteiger partial charge on any atom is 0.239 e. The smallest absolute Gasteiger partial charge is 0.239 e. The molecule has 0 aliphatic heterocycles. The second-order valence-electron chi connectivity index (χ2n) is 4.45. The Bertz CT molecular complexity index is 583. The molecule has 0 fully saturated rings. The molecule has 1 aromatic carbocycles. The number of hydrogen-bond donors (Lipinski definition) is 2. The maximum absolute atomic E-state index is 11.6. The van der Waals surface area contributed by atoms with Crippen molar-refractivity contribution < 1.29 is 4.79 Å². The van der Waals surface area contributed by atoms with E-state index in [0.29, 0.717) is 12.4 Å². The molecule has 0 unspecified atom stereocenters. The zero-order valence-corrected chi connectivity index (χ0v) is 11.2. The van der Waals surface area contributed by atoms with E-state index in [1.165, 1.54) is 6.33 Å². The monoisotopic (exact) mass is 258 g/mol. The topological polar surface area (TPSA) is 66.9 Å². The van der Waals surface area contributed by atoms with Crippen molar-refractivity contribution in [2.45, 2.75) is 20.3 Å². The summed E-state index contributed by atoms with van der Waals surface area (Å²) in [5.74, 6) is 0.668. The fraction of sp³-hybridized carbons (Fsp3) is 0.357. The first-order valence-electron chi connectivity index (χ1n) is 6.42. The van der Waals surface area contributed by atoms with E-state index in [-0.39, 0.29) is 12.5 Å². The number of benzene rings is 1. The van der Waals surface area contributed by atoms with Gasteiger partial charge < -0.3 is 10.6 Å². The van der Waals surface area contributed by atoms with Crippen molar-refractivity contribution in [1.29, 1.82) is 0 Å². The summed E-state index contributed by atoms with van der Waals surface area (Å²) in [5, 5.41) is 6.81. The van der Waals surface area contributed by atoms with Crippen molar-refractivity contribution >= 4 is 22.6 Å². The molecule has 2 N–H and O–H groups in total. The quantitative estimate of drug-likeness (QED) is 0.859. The fourth-order valence-corrected chi connectivity index (χ4v) is 1.80. The number of amides is 1. The second kappa shape index (κ2) is 6.13. The van der Waals surface area contributed by atoms with Gasteiger partial charge in [0.25, 0.3) is 0 Å². The molecule has 1 amide bonds. The molecule has 0 radical (unpaired) electrons. The second-order valence-corrected chi connectivity index (χ2v) is 4.45. The molecule has 0 aliphatic rings. The number of nitrogens with one attached hydrogen (secondary N) is 2. The van der Waals surface area contributed by atoms with E-state index >= 15 is 0 Å². The zero-order valence-electron chi connectivity index (χ0n) is 11.2. The highest BCUT2D eigenvalue weighted by atomic mass is 16.1. The lowest BCUT2D eigenvalue weighted by Crippen LogP contribution is -2.30. The van der Waals surface area contributed by atoms with Gasteiger partial charge in [0.05, 0.1) is 12.1 Å². The van der Waals surface area contributed by atoms with Crippen LogP contribution in [-0.2, 0) is 4.79 Å². The highest BCUT2D eigenvalue weighted by molar-refractivity contribution is 5.91. The minimum Gasteiger partial charge on any atom is -0.360 e. The van der Waals surface area contributed by atoms with Crippen LogP contribution in [0.2, 0.25) is 0 Å². The van der Waals surface area contributed by atoms with Gasteiger partial charge in [0.15, 0.2) is 0 Å². The summed E-state index contributed by atoms with van der Waals surface area (Å²) >= 11 is 0. The molecule has 1 aromatic heterocycles. The first-order chi connectivity index (χ1) is 9.20. The molecule has 2 aromatic rings. The minimum absolute atomic E-state index is 0.0266. The number of nitrogens with zero attached hydrogens (tertiary/aromatic N) is 2. The number of carbonyl (C=O) groups excluding carboxylic acids is 1. The van der Waals surface area contributed by atoms with Crippen molar-refractivity contribution in [3.63, 3.8) is 0 Å². The Morgan fingerprint density at radius 1 is 1.32 bits per heavy atom. The van der Waals surface area contributed by atoms with Gasteiger partial charge in [-0.1, -0.05) is 18.6 Å². The summed E-state index contributed by atoms with van der Waals surface area (Å²) < 4.78 is 0. The zero-order chi connectivity index (χ0) is 13.7. The first kappa shape index (κ1) is 13.3. The van der Waals surface area contributed by atoms with E-state index in [9.17, 15) is 4.79 Å². The van der Waals surface area contributed by atoms with E-state index in [4.69, 9.17) is 0 Å². The summed E-state index contributed by atoms with van der Waals surface area (Å²) in [6, 6.07) is 5.98. The first-order valence-corrected chi connectivity index (χ1v) is 6.42. The summed E-state index contributed by atoms with van der Waals surface area (Å²) in [6.07, 6.45) is 2.44. The molecule has 0 saturated heterocycles. The Hall–Kier alpha value is -2.17. The third kappa shape index (κ3) is 3.40. The van der Waals surface area contributed by atoms with Crippen LogP contribution in [0.3, 0.4) is 0 Å². The maximum atomic E-state index is 11.6. The number of fused-ring (bicyclic) bond motifs is 1. The van der Waals surface area contributed by atoms with Crippen molar-refractivity contribution in [3.05, 3.63) is 30.1 Å². The average Bonchev–Trinajstić information content (AvgIpc) is 2.42. The SMILES string of the molecule is CCCNC(=O)CNc1ncnc2ccc(C)cc12. The average molecular weight is 258 g/mol. The Balaban J connectivity index is 2.12. The Labute approximate surface area is 112 Å². The summed E-state index contributed by atoms with van der Waals surface area (Å²) in [7, 11) is 0. The van der Waals surface area contributed by atoms with Gasteiger partial charge >= 0.3 is 0 Å². The Kier molecular flexibility index (Phi) is 4.28. The van der Waals surface area contributed by atoms with Crippen LogP contribution in [0.4, 0.5) is 5.82 Å². The number of aromatic nitrogens is 2. The van der Waals surface area contributed by atoms with Crippen LogP contribution in [0.1, 0.15) is 18.9 Å². The fourth-order valence-electron chi connectivity index (χ4n) is 1.80. The lowest BCUT2D eigenvalue weighted by atomic mass is 10.1. The van der Waals surface area contributed by atoms with Crippen molar-refractivity contribution in [1.82, 2.24) is 15.3 Å². The van der Waals surface area contributed by atoms with Gasteiger partial charge in [0, 0.05) is 11.9 Å². The molecule has 0 saturated carbocycles. The molecule has 0 spiro atoms. The number of carbonyl (C=O) groups is 1. The largest absolute Gasteiger partial charge is 0.360 e. The molecule has 5 heteroatoms. The van der Waals surface area contributed by atoms with E-state index < -0.39 is 0 Å². The van der Waals surface area contributed by atoms with Crippen LogP contribution in [-0.4, -0.2) is 29.0 Å². The third-order valence-corrected chi connectivity index (χ3v) is 2.78. The van der Waals surface area contributed by atoms with Crippen molar-refractivity contribution in [2.24, 2.45) is 0 Å². The van der Waals surface area contributed by atoms with E-state index in [0.717, 1.165) is 22.9 Å². The van der Waals surface area contributed by atoms with Gasteiger partial charge in [-0.05, 0) is 25.5 Å². The third-order valence-electron chi connectivity index (χ3n) is 2.78. The molecule has 1 heterocycles. The standard InChI is InChI=1S/C14H18N4O/c1-3-6-15-13(19)8-16-14-11-7-10(2)4-5-12(11)17-9-18-14/h4-5,7,9H,3,6,8H2,1-2H3,(H,15,19)(H,16,17,18). The van der Waals surface area contributed by atoms with Gasteiger partial charge in [0.2, 0.25) is 5.91 Å². The molecule has 2 rings (SSSR count). The lowest BCUT2D eigenvalue weighted by molar-refractivity contribution is -0.119. The lowest BCUT2D eigenvalue weighted by Gasteiger charge is -2.09. The number of anilines is 1. The van der Waals surface area contributed by atoms with Gasteiger partial charge in [-0.2, -0.15) is 0 Å². The summed E-state index contributed by atoms with van der Waals surface area (Å²) in [4.78, 5) is 20.0. The van der Waals surface area contributed by atoms with Crippen LogP contribution in [0.5, 0.6) is 0 Å². The molecule has 19 heavy (non-hydrogen) atoms. The summed E-state index contributed by atoms with van der Waals surface area (Å²) in [6.45, 7) is 4.96. The molecule has 100 valence electrons. The van der Waals surface area contributed by atoms with Crippen molar-refractivity contribution in [2.75, 3.05) is 18.4 Å². The van der Waals surface area contributed by atoms with Gasteiger partial charge in [-0.3, -0.25) is 4.79 Å². The normalized spacial score (nSPS) is 10.4. The predicted octanol–water partition coefficient (Wildman–Crippen LogP) is 1.88. The molecule has 0 aliphatic carbocycles. The van der Waals surface area contributed by atoms with Gasteiger partial charge in [-0.15, -0.1) is 0 Å². The van der Waals surface area contributed by atoms with E-state index in [1.54, 1.807) is 0 Å². The van der Waals surface area contributed by atoms with Crippen LogP contribution in [0.25, 0.3) is 10.9 Å². The van der Waals surface area contributed by atoms with Crippen LogP contribution >= 0.6 is 0 Å². The molecule has 0 bridgehead atoms. The minimum atomic E-state index is -0.0266. The van der Waals surface area contributed by atoms with Crippen LogP contribution in [0, 0.1) is 6.92 Å². The predicted molar refractivity (Wildman–Crippen MR) is 76.1 cm³/mol. The van der Waals surface area contributed by atoms with E-state index in [1.807, 2.05) is 32.0 Å². The number of rotatable bonds is 5. The molecular formula is C14H18N4O. The Morgan fingerprint density at radius 3 is 2.95 bits per heavy atom. The highest BCUT2D eigenvalue weighted by Gasteiger charge is 2.05. The highest BCUT2D eigenvalue weighted by Crippen LogP contribution is 2.19. The number of aryl methyl sites for hydroxylation is 1. The molecule has 5 nitrogen and oxygen atoms in total. The Morgan fingerprint density at radius 2 is 2.16 bits per heavy atom. The van der Waals surface area contributed by atoms with Gasteiger partial charge in [0.1, 0.15) is 12.1 Å². The van der Waals surface area contributed by atoms with Crippen molar-refractivity contribution in [3.8, 4) is 0 Å². The molecular weight excluding hydrogens is 240 g/mol. The van der Waals surface area contributed by atoms with Gasteiger partial charge in [-0.25, -0.2) is 9.97 Å².